The normalized spacial score (nSPS) is 13.9. The number of aromatic amines is 1. The molecule has 3 N–H and O–H groups in total. The summed E-state index contributed by atoms with van der Waals surface area (Å²) in [6.45, 7) is 0. The number of hydrogen-bond donors (Lipinski definition) is 3. The number of rotatable bonds is 5. The highest BCUT2D eigenvalue weighted by atomic mass is 16.1. The summed E-state index contributed by atoms with van der Waals surface area (Å²) in [6, 6.07) is 16.6. The van der Waals surface area contributed by atoms with Gasteiger partial charge in [-0.15, -0.1) is 0 Å². The molecule has 2 aromatic carbocycles. The predicted octanol–water partition coefficient (Wildman–Crippen LogP) is 3.92. The summed E-state index contributed by atoms with van der Waals surface area (Å²) >= 11 is 0. The van der Waals surface area contributed by atoms with Gasteiger partial charge in [-0.2, -0.15) is 0 Å². The van der Waals surface area contributed by atoms with Crippen molar-refractivity contribution in [3.63, 3.8) is 0 Å². The molecule has 1 aliphatic carbocycles. The van der Waals surface area contributed by atoms with Crippen LogP contribution >= 0.6 is 0 Å². The smallest absolute Gasteiger partial charge is 0.228 e. The highest BCUT2D eigenvalue weighted by Crippen LogP contribution is 2.25. The number of nitrogens with one attached hydrogen (secondary N) is 3. The Balaban J connectivity index is 1.41. The number of carbonyl (C=O) groups excluding carboxylic acids is 1. The van der Waals surface area contributed by atoms with Crippen LogP contribution in [-0.4, -0.2) is 16.9 Å². The second kappa shape index (κ2) is 5.80. The van der Waals surface area contributed by atoms with E-state index in [9.17, 15) is 4.79 Å². The van der Waals surface area contributed by atoms with E-state index in [1.54, 1.807) is 0 Å². The summed E-state index contributed by atoms with van der Waals surface area (Å²) in [7, 11) is 0. The summed E-state index contributed by atoms with van der Waals surface area (Å²) in [6.07, 6.45) is 4.78. The van der Waals surface area contributed by atoms with Crippen molar-refractivity contribution in [1.29, 1.82) is 0 Å². The minimum atomic E-state index is -0.00217. The van der Waals surface area contributed by atoms with E-state index < -0.39 is 0 Å². The van der Waals surface area contributed by atoms with Crippen LogP contribution in [0.3, 0.4) is 0 Å². The Kier molecular flexibility index (Phi) is 3.50. The lowest BCUT2D eigenvalue weighted by atomic mass is 10.1. The van der Waals surface area contributed by atoms with Crippen molar-refractivity contribution in [3.8, 4) is 0 Å². The average molecular weight is 305 g/mol. The second-order valence-electron chi connectivity index (χ2n) is 6.08. The summed E-state index contributed by atoms with van der Waals surface area (Å²) in [5.41, 5.74) is 4.02. The van der Waals surface area contributed by atoms with E-state index in [1.807, 2.05) is 54.7 Å². The number of H-pyrrole nitrogens is 1. The molecule has 1 fully saturated rings. The summed E-state index contributed by atoms with van der Waals surface area (Å²) < 4.78 is 0. The zero-order chi connectivity index (χ0) is 15.6. The molecule has 0 unspecified atom stereocenters. The van der Waals surface area contributed by atoms with Gasteiger partial charge in [-0.1, -0.05) is 18.2 Å². The van der Waals surface area contributed by atoms with E-state index in [0.717, 1.165) is 27.8 Å². The number of amides is 1. The molecule has 1 aromatic heterocycles. The van der Waals surface area contributed by atoms with Crippen molar-refractivity contribution >= 4 is 28.2 Å². The summed E-state index contributed by atoms with van der Waals surface area (Å²) in [5, 5.41) is 7.50. The molecule has 4 nitrogen and oxygen atoms in total. The zero-order valence-electron chi connectivity index (χ0n) is 12.8. The molecule has 1 aliphatic rings. The lowest BCUT2D eigenvalue weighted by Gasteiger charge is -2.07. The van der Waals surface area contributed by atoms with Crippen LogP contribution in [0.1, 0.15) is 18.4 Å². The van der Waals surface area contributed by atoms with Gasteiger partial charge in [0.25, 0.3) is 0 Å². The van der Waals surface area contributed by atoms with Crippen LogP contribution in [0.2, 0.25) is 0 Å². The molecule has 0 aliphatic heterocycles. The van der Waals surface area contributed by atoms with Crippen molar-refractivity contribution in [3.05, 3.63) is 60.3 Å². The molecule has 116 valence electrons. The minimum Gasteiger partial charge on any atom is -0.382 e. The third kappa shape index (κ3) is 3.21. The fourth-order valence-electron chi connectivity index (χ4n) is 2.77. The number of hydrogen-bond acceptors (Lipinski definition) is 2. The van der Waals surface area contributed by atoms with Crippen LogP contribution in [-0.2, 0) is 11.2 Å². The quantitative estimate of drug-likeness (QED) is 0.669. The van der Waals surface area contributed by atoms with Gasteiger partial charge in [0.05, 0.1) is 6.42 Å². The van der Waals surface area contributed by atoms with Gasteiger partial charge < -0.3 is 15.6 Å². The van der Waals surface area contributed by atoms with Gasteiger partial charge in [0, 0.05) is 34.5 Å². The largest absolute Gasteiger partial charge is 0.382 e. The number of benzene rings is 2. The van der Waals surface area contributed by atoms with Crippen LogP contribution in [0.4, 0.5) is 11.4 Å². The van der Waals surface area contributed by atoms with Crippen LogP contribution in [0.5, 0.6) is 0 Å². The van der Waals surface area contributed by atoms with Gasteiger partial charge in [0.15, 0.2) is 0 Å². The lowest BCUT2D eigenvalue weighted by molar-refractivity contribution is -0.115. The van der Waals surface area contributed by atoms with Gasteiger partial charge >= 0.3 is 0 Å². The van der Waals surface area contributed by atoms with Crippen LogP contribution in [0.25, 0.3) is 10.9 Å². The summed E-state index contributed by atoms with van der Waals surface area (Å²) in [5.74, 6) is -0.00217. The van der Waals surface area contributed by atoms with Crippen molar-refractivity contribution in [1.82, 2.24) is 4.98 Å². The van der Waals surface area contributed by atoms with Crippen LogP contribution in [0.15, 0.2) is 54.7 Å². The van der Waals surface area contributed by atoms with E-state index >= 15 is 0 Å². The number of aromatic nitrogens is 1. The standard InChI is InChI=1S/C19H19N3O/c23-19(11-13-12-20-18-4-2-1-3-17(13)18)22-16-9-7-15(8-10-16)21-14-5-6-14/h1-4,7-10,12,14,20-21H,5-6,11H2,(H,22,23). The molecule has 0 bridgehead atoms. The molecule has 3 aromatic rings. The Bertz CT molecular complexity index is 831. The molecule has 0 spiro atoms. The first-order chi connectivity index (χ1) is 11.3. The lowest BCUT2D eigenvalue weighted by Crippen LogP contribution is -2.14. The second-order valence-corrected chi connectivity index (χ2v) is 6.08. The SMILES string of the molecule is O=C(Cc1c[nH]c2ccccc12)Nc1ccc(NC2CC2)cc1. The maximum atomic E-state index is 12.3. The average Bonchev–Trinajstić information content (AvgIpc) is 3.29. The Morgan fingerprint density at radius 2 is 1.78 bits per heavy atom. The van der Waals surface area contributed by atoms with E-state index in [2.05, 4.69) is 15.6 Å². The molecule has 1 saturated carbocycles. The molecule has 4 rings (SSSR count). The van der Waals surface area contributed by atoms with Crippen LogP contribution < -0.4 is 10.6 Å². The molecular weight excluding hydrogens is 286 g/mol. The van der Waals surface area contributed by atoms with Gasteiger partial charge in [0.2, 0.25) is 5.91 Å². The van der Waals surface area contributed by atoms with E-state index in [4.69, 9.17) is 0 Å². The first-order valence-electron chi connectivity index (χ1n) is 7.99. The van der Waals surface area contributed by atoms with Crippen molar-refractivity contribution in [2.75, 3.05) is 10.6 Å². The Labute approximate surface area is 134 Å². The van der Waals surface area contributed by atoms with Crippen LogP contribution in [0, 0.1) is 0 Å². The first kappa shape index (κ1) is 13.9. The predicted molar refractivity (Wildman–Crippen MR) is 93.7 cm³/mol. The molecule has 23 heavy (non-hydrogen) atoms. The first-order valence-corrected chi connectivity index (χ1v) is 7.99. The van der Waals surface area contributed by atoms with Crippen molar-refractivity contribution in [2.24, 2.45) is 0 Å². The highest BCUT2D eigenvalue weighted by molar-refractivity contribution is 5.95. The maximum absolute atomic E-state index is 12.3. The molecule has 0 atom stereocenters. The number of para-hydroxylation sites is 1. The van der Waals surface area contributed by atoms with Gasteiger partial charge in [-0.25, -0.2) is 0 Å². The number of anilines is 2. The highest BCUT2D eigenvalue weighted by Gasteiger charge is 2.20. The third-order valence-corrected chi connectivity index (χ3v) is 4.14. The third-order valence-electron chi connectivity index (χ3n) is 4.14. The maximum Gasteiger partial charge on any atom is 0.228 e. The molecular formula is C19H19N3O. The molecule has 1 heterocycles. The molecule has 0 radical (unpaired) electrons. The van der Waals surface area contributed by atoms with E-state index in [1.165, 1.54) is 12.8 Å². The molecule has 1 amide bonds. The van der Waals surface area contributed by atoms with E-state index in [0.29, 0.717) is 12.5 Å². The molecule has 0 saturated heterocycles. The Morgan fingerprint density at radius 1 is 1.04 bits per heavy atom. The number of fused-ring (bicyclic) bond motifs is 1. The Morgan fingerprint density at radius 3 is 2.57 bits per heavy atom. The van der Waals surface area contributed by atoms with Crippen molar-refractivity contribution in [2.45, 2.75) is 25.3 Å². The van der Waals surface area contributed by atoms with Gasteiger partial charge in [0.1, 0.15) is 0 Å². The minimum absolute atomic E-state index is 0.00217. The monoisotopic (exact) mass is 305 g/mol. The zero-order valence-corrected chi connectivity index (χ0v) is 12.8. The number of carbonyl (C=O) groups is 1. The topological polar surface area (TPSA) is 56.9 Å². The van der Waals surface area contributed by atoms with Gasteiger partial charge in [-0.3, -0.25) is 4.79 Å². The van der Waals surface area contributed by atoms with Gasteiger partial charge in [-0.05, 0) is 48.7 Å². The van der Waals surface area contributed by atoms with Crippen molar-refractivity contribution < 1.29 is 4.79 Å². The van der Waals surface area contributed by atoms with E-state index in [-0.39, 0.29) is 5.91 Å². The summed E-state index contributed by atoms with van der Waals surface area (Å²) in [4.78, 5) is 15.5. The Hall–Kier alpha value is -2.75. The fourth-order valence-corrected chi connectivity index (χ4v) is 2.77. The molecule has 4 heteroatoms. The fraction of sp³-hybridized carbons (Fsp3) is 0.211.